The van der Waals surface area contributed by atoms with E-state index in [1.807, 2.05) is 0 Å². The van der Waals surface area contributed by atoms with Crippen LogP contribution in [-0.4, -0.2) is 46.7 Å². The lowest BCUT2D eigenvalue weighted by Crippen LogP contribution is -2.31. The number of fused-ring (bicyclic) bond motifs is 1. The second kappa shape index (κ2) is 10.9. The number of ether oxygens (including phenoxy) is 2. The predicted octanol–water partition coefficient (Wildman–Crippen LogP) is 1.77. The third-order valence-corrected chi connectivity index (χ3v) is 4.96. The molecule has 9 nitrogen and oxygen atoms in total. The SMILES string of the molecule is O=C/C=C/CCOc1cc(F)c(Cl)cc1CNC(=O)c1nc2n(c(=O)c1O)CCOCC2. The van der Waals surface area contributed by atoms with Gasteiger partial charge in [-0.1, -0.05) is 17.7 Å². The maximum absolute atomic E-state index is 13.9. The molecule has 0 saturated heterocycles. The molecule has 2 aromatic rings. The largest absolute Gasteiger partial charge is 0.501 e. The van der Waals surface area contributed by atoms with Crippen molar-refractivity contribution in [2.75, 3.05) is 19.8 Å². The summed E-state index contributed by atoms with van der Waals surface area (Å²) >= 11 is 5.86. The number of allylic oxidation sites excluding steroid dienone is 1. The number of carbonyl (C=O) groups excluding carboxylic acids is 2. The van der Waals surface area contributed by atoms with Crippen molar-refractivity contribution in [3.05, 3.63) is 62.6 Å². The minimum atomic E-state index is -0.784. The molecule has 0 radical (unpaired) electrons. The Morgan fingerprint density at radius 3 is 3.00 bits per heavy atom. The van der Waals surface area contributed by atoms with Gasteiger partial charge in [0.15, 0.2) is 5.69 Å². The Morgan fingerprint density at radius 1 is 1.41 bits per heavy atom. The fourth-order valence-electron chi connectivity index (χ4n) is 3.08. The predicted molar refractivity (Wildman–Crippen MR) is 113 cm³/mol. The Kier molecular flexibility index (Phi) is 7.96. The summed E-state index contributed by atoms with van der Waals surface area (Å²) in [6.07, 6.45) is 4.28. The average Bonchev–Trinajstić information content (AvgIpc) is 3.02. The van der Waals surface area contributed by atoms with Crippen LogP contribution in [-0.2, 0) is 29.0 Å². The summed E-state index contributed by atoms with van der Waals surface area (Å²) in [7, 11) is 0. The highest BCUT2D eigenvalue weighted by Crippen LogP contribution is 2.26. The minimum absolute atomic E-state index is 0.124. The topological polar surface area (TPSA) is 120 Å². The first kappa shape index (κ1) is 23.4. The van der Waals surface area contributed by atoms with Crippen LogP contribution in [0.15, 0.2) is 29.1 Å². The molecule has 3 rings (SSSR count). The summed E-state index contributed by atoms with van der Waals surface area (Å²) in [6.45, 7) is 0.917. The van der Waals surface area contributed by atoms with Crippen molar-refractivity contribution in [1.82, 2.24) is 14.9 Å². The number of aromatic hydroxyl groups is 1. The Balaban J connectivity index is 1.77. The van der Waals surface area contributed by atoms with Crippen LogP contribution in [0.2, 0.25) is 5.02 Å². The van der Waals surface area contributed by atoms with Gasteiger partial charge in [0.2, 0.25) is 5.75 Å². The van der Waals surface area contributed by atoms with Crippen LogP contribution in [0.5, 0.6) is 11.5 Å². The fraction of sp³-hybridized carbons (Fsp3) is 0.333. The van der Waals surface area contributed by atoms with Gasteiger partial charge in [0.1, 0.15) is 23.7 Å². The number of rotatable bonds is 8. The van der Waals surface area contributed by atoms with Crippen LogP contribution in [0.1, 0.15) is 28.3 Å². The molecule has 0 aliphatic carbocycles. The van der Waals surface area contributed by atoms with Gasteiger partial charge < -0.3 is 19.9 Å². The molecule has 170 valence electrons. The average molecular weight is 466 g/mol. The Hall–Kier alpha value is -3.24. The highest BCUT2D eigenvalue weighted by atomic mass is 35.5. The molecule has 1 aliphatic rings. The number of nitrogens with one attached hydrogen (secondary N) is 1. The first-order valence-corrected chi connectivity index (χ1v) is 10.2. The molecule has 1 aliphatic heterocycles. The zero-order valence-corrected chi connectivity index (χ0v) is 17.7. The van der Waals surface area contributed by atoms with Gasteiger partial charge in [-0.15, -0.1) is 0 Å². The third kappa shape index (κ3) is 5.51. The van der Waals surface area contributed by atoms with Crippen molar-refractivity contribution in [3.8, 4) is 11.5 Å². The maximum atomic E-state index is 13.9. The number of aldehydes is 1. The number of hydrogen-bond acceptors (Lipinski definition) is 7. The summed E-state index contributed by atoms with van der Waals surface area (Å²) in [6, 6.07) is 2.40. The maximum Gasteiger partial charge on any atom is 0.296 e. The van der Waals surface area contributed by atoms with E-state index in [0.717, 1.165) is 6.07 Å². The van der Waals surface area contributed by atoms with E-state index in [9.17, 15) is 23.9 Å². The van der Waals surface area contributed by atoms with Gasteiger partial charge in [0.25, 0.3) is 11.5 Å². The molecule has 32 heavy (non-hydrogen) atoms. The molecular weight excluding hydrogens is 445 g/mol. The van der Waals surface area contributed by atoms with E-state index in [2.05, 4.69) is 10.3 Å². The second-order valence-corrected chi connectivity index (χ2v) is 7.21. The number of halogens is 2. The zero-order valence-electron chi connectivity index (χ0n) is 17.0. The van der Waals surface area contributed by atoms with Crippen molar-refractivity contribution in [3.63, 3.8) is 0 Å². The van der Waals surface area contributed by atoms with E-state index in [4.69, 9.17) is 21.1 Å². The standard InChI is InChI=1S/C21H21ClFN3O6/c22-14-10-13(16(11-15(14)23)32-7-3-1-2-6-27)12-24-20(29)18-19(28)21(30)26-5-9-31-8-4-17(26)25-18/h1-2,6,10-11,28H,3-5,7-9,12H2,(H,24,29)/b2-1+. The van der Waals surface area contributed by atoms with Crippen molar-refractivity contribution < 1.29 is 28.6 Å². The molecule has 0 bridgehead atoms. The lowest BCUT2D eigenvalue weighted by Gasteiger charge is -2.14. The van der Waals surface area contributed by atoms with E-state index in [0.29, 0.717) is 43.7 Å². The first-order chi connectivity index (χ1) is 15.4. The van der Waals surface area contributed by atoms with Crippen molar-refractivity contribution in [2.24, 2.45) is 0 Å². The summed E-state index contributed by atoms with van der Waals surface area (Å²) in [5, 5.41) is 12.6. The molecule has 0 fully saturated rings. The van der Waals surface area contributed by atoms with Crippen LogP contribution < -0.4 is 15.6 Å². The number of hydrogen-bond donors (Lipinski definition) is 2. The molecule has 0 spiro atoms. The van der Waals surface area contributed by atoms with Gasteiger partial charge in [-0.2, -0.15) is 0 Å². The summed E-state index contributed by atoms with van der Waals surface area (Å²) in [5.74, 6) is -1.74. The van der Waals surface area contributed by atoms with Gasteiger partial charge in [0, 0.05) is 24.6 Å². The van der Waals surface area contributed by atoms with E-state index < -0.39 is 28.7 Å². The molecule has 0 saturated carbocycles. The highest BCUT2D eigenvalue weighted by Gasteiger charge is 2.22. The molecule has 1 aromatic heterocycles. The fourth-order valence-corrected chi connectivity index (χ4v) is 3.27. The number of aromatic nitrogens is 2. The summed E-state index contributed by atoms with van der Waals surface area (Å²) in [4.78, 5) is 39.5. The van der Waals surface area contributed by atoms with Gasteiger partial charge in [-0.05, 0) is 18.6 Å². The van der Waals surface area contributed by atoms with Crippen LogP contribution in [0.25, 0.3) is 0 Å². The lowest BCUT2D eigenvalue weighted by atomic mass is 10.2. The molecule has 0 unspecified atom stereocenters. The number of nitrogens with zero attached hydrogens (tertiary/aromatic N) is 2. The Bertz CT molecular complexity index is 1100. The molecule has 1 aromatic carbocycles. The second-order valence-electron chi connectivity index (χ2n) is 6.80. The first-order valence-electron chi connectivity index (χ1n) is 9.82. The molecule has 1 amide bonds. The van der Waals surface area contributed by atoms with E-state index >= 15 is 0 Å². The molecule has 0 atom stereocenters. The number of carbonyl (C=O) groups is 2. The number of amides is 1. The Morgan fingerprint density at radius 2 is 2.22 bits per heavy atom. The van der Waals surface area contributed by atoms with E-state index in [1.165, 1.54) is 16.7 Å². The molecule has 11 heteroatoms. The smallest absolute Gasteiger partial charge is 0.296 e. The van der Waals surface area contributed by atoms with Gasteiger partial charge >= 0.3 is 0 Å². The van der Waals surface area contributed by atoms with Gasteiger partial charge in [-0.25, -0.2) is 9.37 Å². The van der Waals surface area contributed by atoms with Gasteiger partial charge in [0.05, 0.1) is 31.4 Å². The summed E-state index contributed by atoms with van der Waals surface area (Å²) < 4.78 is 26.0. The summed E-state index contributed by atoms with van der Waals surface area (Å²) in [5.41, 5.74) is -0.746. The van der Waals surface area contributed by atoms with E-state index in [1.54, 1.807) is 6.08 Å². The Labute approximate surface area is 187 Å². The van der Waals surface area contributed by atoms with Crippen molar-refractivity contribution in [1.29, 1.82) is 0 Å². The minimum Gasteiger partial charge on any atom is -0.501 e. The van der Waals surface area contributed by atoms with Crippen LogP contribution in [0.3, 0.4) is 0 Å². The quantitative estimate of drug-likeness (QED) is 0.346. The van der Waals surface area contributed by atoms with Crippen molar-refractivity contribution >= 4 is 23.8 Å². The van der Waals surface area contributed by atoms with Gasteiger partial charge in [-0.3, -0.25) is 19.0 Å². The zero-order chi connectivity index (χ0) is 23.1. The molecule has 2 heterocycles. The van der Waals surface area contributed by atoms with Crippen LogP contribution in [0.4, 0.5) is 4.39 Å². The monoisotopic (exact) mass is 465 g/mol. The third-order valence-electron chi connectivity index (χ3n) is 4.67. The highest BCUT2D eigenvalue weighted by molar-refractivity contribution is 6.30. The lowest BCUT2D eigenvalue weighted by molar-refractivity contribution is -0.104. The molecule has 2 N–H and O–H groups in total. The van der Waals surface area contributed by atoms with Crippen LogP contribution in [0, 0.1) is 5.82 Å². The van der Waals surface area contributed by atoms with Crippen molar-refractivity contribution in [2.45, 2.75) is 25.9 Å². The molecular formula is C21H21ClFN3O6. The van der Waals surface area contributed by atoms with Crippen LogP contribution >= 0.6 is 11.6 Å². The number of benzene rings is 1. The van der Waals surface area contributed by atoms with E-state index in [-0.39, 0.29) is 30.5 Å². The normalized spacial score (nSPS) is 13.4.